The van der Waals surface area contributed by atoms with E-state index in [1.807, 2.05) is 24.3 Å². The van der Waals surface area contributed by atoms with Crippen LogP contribution in [0.5, 0.6) is 5.75 Å². The molecule has 2 nitrogen and oxygen atoms in total. The van der Waals surface area contributed by atoms with Crippen LogP contribution in [0.1, 0.15) is 30.9 Å². The zero-order valence-corrected chi connectivity index (χ0v) is 11.2. The third kappa shape index (κ3) is 3.25. The molecule has 0 radical (unpaired) electrons. The SMILES string of the molecule is CC(C)c1ccc(OCc2c(N)cccc2F)cc1. The summed E-state index contributed by atoms with van der Waals surface area (Å²) in [4.78, 5) is 0. The Morgan fingerprint density at radius 3 is 2.37 bits per heavy atom. The maximum atomic E-state index is 13.6. The van der Waals surface area contributed by atoms with Crippen LogP contribution in [0.4, 0.5) is 10.1 Å². The summed E-state index contributed by atoms with van der Waals surface area (Å²) in [7, 11) is 0. The summed E-state index contributed by atoms with van der Waals surface area (Å²) >= 11 is 0. The highest BCUT2D eigenvalue weighted by Gasteiger charge is 2.07. The van der Waals surface area contributed by atoms with Gasteiger partial charge in [0.15, 0.2) is 0 Å². The predicted molar refractivity (Wildman–Crippen MR) is 75.7 cm³/mol. The van der Waals surface area contributed by atoms with Crippen molar-refractivity contribution in [2.45, 2.75) is 26.4 Å². The standard InChI is InChI=1S/C16H18FNO/c1-11(2)12-6-8-13(9-7-12)19-10-14-15(17)4-3-5-16(14)18/h3-9,11H,10,18H2,1-2H3. The van der Waals surface area contributed by atoms with E-state index in [1.165, 1.54) is 11.6 Å². The van der Waals surface area contributed by atoms with Gasteiger partial charge in [-0.3, -0.25) is 0 Å². The van der Waals surface area contributed by atoms with Crippen molar-refractivity contribution in [1.29, 1.82) is 0 Å². The van der Waals surface area contributed by atoms with E-state index in [0.29, 0.717) is 22.9 Å². The normalized spacial score (nSPS) is 10.7. The molecule has 0 aliphatic carbocycles. The number of hydrogen-bond donors (Lipinski definition) is 1. The summed E-state index contributed by atoms with van der Waals surface area (Å²) < 4.78 is 19.1. The highest BCUT2D eigenvalue weighted by Crippen LogP contribution is 2.21. The summed E-state index contributed by atoms with van der Waals surface area (Å²) in [6, 6.07) is 12.5. The van der Waals surface area contributed by atoms with Crippen molar-refractivity contribution in [1.82, 2.24) is 0 Å². The average molecular weight is 259 g/mol. The van der Waals surface area contributed by atoms with E-state index < -0.39 is 0 Å². The molecular formula is C16H18FNO. The molecule has 0 aliphatic heterocycles. The molecule has 2 rings (SSSR count). The van der Waals surface area contributed by atoms with Gasteiger partial charge in [-0.05, 0) is 35.7 Å². The molecule has 0 unspecified atom stereocenters. The number of hydrogen-bond acceptors (Lipinski definition) is 2. The lowest BCUT2D eigenvalue weighted by atomic mass is 10.0. The van der Waals surface area contributed by atoms with Crippen LogP contribution >= 0.6 is 0 Å². The summed E-state index contributed by atoms with van der Waals surface area (Å²) in [6.07, 6.45) is 0. The number of nitrogen functional groups attached to an aromatic ring is 1. The van der Waals surface area contributed by atoms with Crippen molar-refractivity contribution in [2.24, 2.45) is 0 Å². The molecule has 2 aromatic rings. The first-order valence-corrected chi connectivity index (χ1v) is 6.33. The lowest BCUT2D eigenvalue weighted by Gasteiger charge is -2.11. The number of anilines is 1. The minimum absolute atomic E-state index is 0.138. The van der Waals surface area contributed by atoms with Crippen LogP contribution in [0.3, 0.4) is 0 Å². The Balaban J connectivity index is 2.06. The monoisotopic (exact) mass is 259 g/mol. The summed E-state index contributed by atoms with van der Waals surface area (Å²) in [5, 5.41) is 0. The topological polar surface area (TPSA) is 35.2 Å². The number of rotatable bonds is 4. The zero-order valence-electron chi connectivity index (χ0n) is 11.2. The van der Waals surface area contributed by atoms with Crippen LogP contribution in [0.25, 0.3) is 0 Å². The van der Waals surface area contributed by atoms with E-state index in [-0.39, 0.29) is 12.4 Å². The van der Waals surface area contributed by atoms with Gasteiger partial charge in [0.25, 0.3) is 0 Å². The van der Waals surface area contributed by atoms with Crippen LogP contribution in [0, 0.1) is 5.82 Å². The van der Waals surface area contributed by atoms with Gasteiger partial charge in [0.1, 0.15) is 18.2 Å². The van der Waals surface area contributed by atoms with E-state index in [4.69, 9.17) is 10.5 Å². The van der Waals surface area contributed by atoms with Crippen LogP contribution in [0.15, 0.2) is 42.5 Å². The zero-order chi connectivity index (χ0) is 13.8. The van der Waals surface area contributed by atoms with Gasteiger partial charge in [-0.15, -0.1) is 0 Å². The molecule has 0 bridgehead atoms. The molecular weight excluding hydrogens is 241 g/mol. The van der Waals surface area contributed by atoms with Crippen molar-refractivity contribution in [3.05, 3.63) is 59.4 Å². The number of halogens is 1. The second-order valence-corrected chi connectivity index (χ2v) is 4.82. The van der Waals surface area contributed by atoms with E-state index in [9.17, 15) is 4.39 Å². The van der Waals surface area contributed by atoms with E-state index >= 15 is 0 Å². The van der Waals surface area contributed by atoms with Gasteiger partial charge < -0.3 is 10.5 Å². The molecule has 0 aliphatic rings. The Hall–Kier alpha value is -2.03. The first kappa shape index (κ1) is 13.4. The lowest BCUT2D eigenvalue weighted by Crippen LogP contribution is -2.03. The Bertz CT molecular complexity index is 529. The second-order valence-electron chi connectivity index (χ2n) is 4.82. The molecule has 0 aromatic heterocycles. The second kappa shape index (κ2) is 5.74. The van der Waals surface area contributed by atoms with Gasteiger partial charge in [-0.25, -0.2) is 4.39 Å². The highest BCUT2D eigenvalue weighted by molar-refractivity contribution is 5.47. The fraction of sp³-hybridized carbons (Fsp3) is 0.250. The first-order chi connectivity index (χ1) is 9.08. The highest BCUT2D eigenvalue weighted by atomic mass is 19.1. The Labute approximate surface area is 113 Å². The molecule has 0 amide bonds. The Kier molecular flexibility index (Phi) is 4.05. The quantitative estimate of drug-likeness (QED) is 0.839. The number of ether oxygens (including phenoxy) is 1. The molecule has 0 heterocycles. The van der Waals surface area contributed by atoms with Crippen molar-refractivity contribution < 1.29 is 9.13 Å². The predicted octanol–water partition coefficient (Wildman–Crippen LogP) is 4.11. The average Bonchev–Trinajstić information content (AvgIpc) is 2.38. The molecule has 2 aromatic carbocycles. The summed E-state index contributed by atoms with van der Waals surface area (Å²) in [5.41, 5.74) is 7.79. The summed E-state index contributed by atoms with van der Waals surface area (Å²) in [5.74, 6) is 0.863. The number of benzene rings is 2. The van der Waals surface area contributed by atoms with Crippen LogP contribution in [-0.4, -0.2) is 0 Å². The minimum Gasteiger partial charge on any atom is -0.489 e. The van der Waals surface area contributed by atoms with E-state index in [2.05, 4.69) is 13.8 Å². The van der Waals surface area contributed by atoms with E-state index in [1.54, 1.807) is 12.1 Å². The van der Waals surface area contributed by atoms with Crippen LogP contribution in [0.2, 0.25) is 0 Å². The molecule has 0 atom stereocenters. The van der Waals surface area contributed by atoms with Crippen molar-refractivity contribution in [3.63, 3.8) is 0 Å². The Morgan fingerprint density at radius 2 is 1.79 bits per heavy atom. The first-order valence-electron chi connectivity index (χ1n) is 6.33. The molecule has 0 saturated carbocycles. The smallest absolute Gasteiger partial charge is 0.131 e. The van der Waals surface area contributed by atoms with Gasteiger partial charge >= 0.3 is 0 Å². The molecule has 3 heteroatoms. The lowest BCUT2D eigenvalue weighted by molar-refractivity contribution is 0.300. The van der Waals surface area contributed by atoms with Crippen molar-refractivity contribution in [2.75, 3.05) is 5.73 Å². The fourth-order valence-electron chi connectivity index (χ4n) is 1.83. The Morgan fingerprint density at radius 1 is 1.11 bits per heavy atom. The molecule has 100 valence electrons. The third-order valence-corrected chi connectivity index (χ3v) is 3.09. The maximum Gasteiger partial charge on any atom is 0.131 e. The third-order valence-electron chi connectivity index (χ3n) is 3.09. The molecule has 2 N–H and O–H groups in total. The van der Waals surface area contributed by atoms with Gasteiger partial charge in [0, 0.05) is 11.3 Å². The molecule has 0 spiro atoms. The van der Waals surface area contributed by atoms with Gasteiger partial charge in [0.05, 0.1) is 0 Å². The fourth-order valence-corrected chi connectivity index (χ4v) is 1.83. The van der Waals surface area contributed by atoms with Crippen LogP contribution in [-0.2, 0) is 6.61 Å². The van der Waals surface area contributed by atoms with Crippen molar-refractivity contribution in [3.8, 4) is 5.75 Å². The van der Waals surface area contributed by atoms with Gasteiger partial charge in [-0.1, -0.05) is 32.0 Å². The molecule has 19 heavy (non-hydrogen) atoms. The molecule has 0 saturated heterocycles. The molecule has 0 fully saturated rings. The van der Waals surface area contributed by atoms with Gasteiger partial charge in [0.2, 0.25) is 0 Å². The van der Waals surface area contributed by atoms with Crippen molar-refractivity contribution >= 4 is 5.69 Å². The maximum absolute atomic E-state index is 13.6. The van der Waals surface area contributed by atoms with E-state index in [0.717, 1.165) is 0 Å². The summed E-state index contributed by atoms with van der Waals surface area (Å²) in [6.45, 7) is 4.41. The van der Waals surface area contributed by atoms with Crippen LogP contribution < -0.4 is 10.5 Å². The minimum atomic E-state index is -0.334. The largest absolute Gasteiger partial charge is 0.489 e. The number of nitrogens with two attached hydrogens (primary N) is 1. The van der Waals surface area contributed by atoms with Gasteiger partial charge in [-0.2, -0.15) is 0 Å².